The first-order chi connectivity index (χ1) is 65.1. The van der Waals surface area contributed by atoms with Crippen LogP contribution in [0.1, 0.15) is 232 Å². The molecule has 16 fully saturated rings. The van der Waals surface area contributed by atoms with Crippen LogP contribution in [0.3, 0.4) is 0 Å². The van der Waals surface area contributed by atoms with Gasteiger partial charge in [0.05, 0.1) is 42.7 Å². The minimum absolute atomic E-state index is 0.00620. The highest BCUT2D eigenvalue weighted by Crippen LogP contribution is 2.77. The van der Waals surface area contributed by atoms with E-state index in [2.05, 4.69) is 20.8 Å². The van der Waals surface area contributed by atoms with Gasteiger partial charge in [0.15, 0.2) is 86.2 Å². The van der Waals surface area contributed by atoms with E-state index in [9.17, 15) is 125 Å². The molecule has 0 aromatic rings. The number of aliphatic hydroxyl groups excluding tert-OH is 11. The van der Waals surface area contributed by atoms with Crippen molar-refractivity contribution in [3.8, 4) is 0 Å². The molecule has 40 atom stereocenters. The van der Waals surface area contributed by atoms with Crippen LogP contribution in [0.2, 0.25) is 0 Å². The predicted molar refractivity (Wildman–Crippen MR) is 504 cm³/mol. The summed E-state index contributed by atoms with van der Waals surface area (Å²) in [5.41, 5.74) is -15.5. The molecule has 1 heterocycles. The lowest BCUT2D eigenvalue weighted by Gasteiger charge is -2.62. The van der Waals surface area contributed by atoms with Crippen LogP contribution < -0.4 is 0 Å². The number of ether oxygens (including phenoxy) is 2. The van der Waals surface area contributed by atoms with Crippen molar-refractivity contribution in [2.75, 3.05) is 33.0 Å². The number of fused-ring (bicyclic) bond motifs is 27. The summed E-state index contributed by atoms with van der Waals surface area (Å²) in [6.45, 7) is 24.6. The average Bonchev–Trinajstić information content (AvgIpc) is 1.39. The summed E-state index contributed by atoms with van der Waals surface area (Å²) in [6, 6.07) is 0. The van der Waals surface area contributed by atoms with E-state index >= 15 is 8.78 Å². The highest BCUT2D eigenvalue weighted by Gasteiger charge is 2.82. The number of aliphatic hydroxyl groups is 15. The Bertz CT molecular complexity index is 5390. The second-order valence-corrected chi connectivity index (χ2v) is 49.4. The van der Waals surface area contributed by atoms with Crippen LogP contribution in [0.15, 0.2) is 119 Å². The molecule has 0 spiro atoms. The molecule has 15 N–H and O–H groups in total. The van der Waals surface area contributed by atoms with Gasteiger partial charge < -0.3 is 86.1 Å². The fraction of sp³-hybridized carbons (Fsp3) is 0.730. The molecule has 0 aromatic heterocycles. The highest BCUT2D eigenvalue weighted by atomic mass is 19.1. The van der Waals surface area contributed by atoms with Crippen LogP contribution in [-0.2, 0) is 57.4 Å². The molecule has 1 saturated heterocycles. The first-order valence-electron chi connectivity index (χ1n) is 51.3. The average molecular weight is 1950 g/mol. The second-order valence-electron chi connectivity index (χ2n) is 49.4. The van der Waals surface area contributed by atoms with E-state index in [1.807, 2.05) is 39.0 Å². The Kier molecular flexibility index (Phi) is 25.7. The lowest BCUT2D eigenvalue weighted by atomic mass is 9.44. The van der Waals surface area contributed by atoms with Gasteiger partial charge in [0.1, 0.15) is 49.8 Å². The predicted octanol–water partition coefficient (Wildman–Crippen LogP) is 8.45. The van der Waals surface area contributed by atoms with Gasteiger partial charge in [-0.15, -0.1) is 0 Å². The molecule has 140 heavy (non-hydrogen) atoms. The number of carbonyl (C=O) groups is 10. The lowest BCUT2D eigenvalue weighted by molar-refractivity contribution is -0.225. The minimum Gasteiger partial charge on any atom is -0.393 e. The van der Waals surface area contributed by atoms with Crippen molar-refractivity contribution in [2.45, 2.75) is 320 Å². The fourth-order valence-corrected chi connectivity index (χ4v) is 36.9. The van der Waals surface area contributed by atoms with Crippen LogP contribution in [-0.4, -0.2) is 255 Å². The zero-order chi connectivity index (χ0) is 103. The summed E-state index contributed by atoms with van der Waals surface area (Å²) < 4.78 is 46.3. The molecule has 0 bridgehead atoms. The quantitative estimate of drug-likeness (QED) is 0.0974. The van der Waals surface area contributed by atoms with Crippen molar-refractivity contribution in [1.29, 1.82) is 0 Å². The molecule has 21 rings (SSSR count). The first-order valence-corrected chi connectivity index (χ1v) is 51.3. The fourth-order valence-electron chi connectivity index (χ4n) is 36.9. The third kappa shape index (κ3) is 13.8. The van der Waals surface area contributed by atoms with Gasteiger partial charge in [-0.2, -0.15) is 0 Å². The molecule has 0 aromatic carbocycles. The smallest absolute Gasteiger partial charge is 0.193 e. The van der Waals surface area contributed by atoms with Gasteiger partial charge in [-0.25, -0.2) is 8.78 Å². The summed E-state index contributed by atoms with van der Waals surface area (Å²) in [5, 5.41) is 159. The van der Waals surface area contributed by atoms with E-state index in [1.165, 1.54) is 24.3 Å². The standard InChI is InChI=1S/C24H32O6.2C22H29FO5.C22H30O5.C21H28O6/c1-21(2)29-19-10-16-15-6-5-13-9-14(26)7-8-22(13,3)20(15)17(27)11-23(16,4)24(19,30-21)18(28)12-25;2*1-12-8-16-15-5-4-13-9-14(25)6-7-19(13,2)21(15,23)17(26)10-20(16,3)22(12,28)18(27)11-24;1-12-8-14-15-5-7-22(27,18(26)11-23)21(15,3)10-17(25)19(14)20(2)6-4-13(24)9-16(12)20;1-19-6-5-12(23)7-11(19)3-4-13-14-8-16(25)21(27,17(26)10-22)20(14,2)9-15(24)18(13)19/h7-9,15-17,19-20,25,27H,5-6,10-12H2,1-4H3;2*6-7,9,12,15-17,24,26,28H,4-5,8,10-11H2,1-3H3;4,6,9,12,14-15,17,19,23,25,27H,5,7-8,10-11H2,1-3H3;5-7,13-16,18,22,24-25,27H,3-4,8-10H2,1-2H3/t;2*12-,15?,16?,17?,19?,20?,21?,22?;;/m.10../s1. The SMILES string of the molecule is CC1(C)OC2CC3C4CCC5=CC(=O)C=CC5(C)C4C(O)CC3(C)C2(C(=O)CO)O1.CC12C=CC(=O)C=C1CCC1C2C(O)CC2(C)C1CC(O)C2(O)C(=O)CO.CC1CC2C(C(O)CC3(C)C2CCC3(O)C(=O)CO)C2(C)C=CC(=O)C=C12.C[C@@H]1CC2C3CCC4=CC(=O)C=CC4(C)C3(F)C(O)CC2(C)C1(O)C(=O)CO.C[C@H]1CC2C3CCC4=CC(=O)C=CC4(C)C3(F)C(O)CC2(C)C1(O)C(=O)CO. The number of alkyl halides is 2. The van der Waals surface area contributed by atoms with E-state index in [1.54, 1.807) is 111 Å². The molecule has 1 aliphatic heterocycles. The van der Waals surface area contributed by atoms with Crippen LogP contribution in [0.25, 0.3) is 0 Å². The van der Waals surface area contributed by atoms with E-state index in [-0.39, 0.29) is 142 Å². The molecular weight excluding hydrogens is 1800 g/mol. The van der Waals surface area contributed by atoms with E-state index in [0.717, 1.165) is 55.2 Å². The Morgan fingerprint density at radius 2 is 0.729 bits per heavy atom. The van der Waals surface area contributed by atoms with Crippen molar-refractivity contribution in [1.82, 2.24) is 0 Å². The first kappa shape index (κ1) is 105. The van der Waals surface area contributed by atoms with E-state index < -0.39 is 211 Å². The van der Waals surface area contributed by atoms with Gasteiger partial charge in [0, 0.05) is 83.7 Å². The lowest BCUT2D eigenvalue weighted by Crippen LogP contribution is -2.69. The minimum atomic E-state index is -2.05. The highest BCUT2D eigenvalue weighted by molar-refractivity contribution is 6.04. The molecule has 15 saturated carbocycles. The van der Waals surface area contributed by atoms with Crippen LogP contribution in [0.4, 0.5) is 8.78 Å². The zero-order valence-corrected chi connectivity index (χ0v) is 83.5. The maximum Gasteiger partial charge on any atom is 0.193 e. The van der Waals surface area contributed by atoms with Gasteiger partial charge in [0.2, 0.25) is 0 Å². The zero-order valence-electron chi connectivity index (χ0n) is 83.5. The number of carbonyl (C=O) groups excluding carboxylic acids is 10. The van der Waals surface area contributed by atoms with Crippen LogP contribution >= 0.6 is 0 Å². The number of Topliss-reactive ketones (excluding diaryl/α,β-unsaturated/α-hetero) is 5. The van der Waals surface area contributed by atoms with Gasteiger partial charge in [0.25, 0.3) is 0 Å². The summed E-state index contributed by atoms with van der Waals surface area (Å²) in [6.07, 6.45) is 27.8. The third-order valence-corrected chi connectivity index (χ3v) is 43.5. The molecule has 0 amide bonds. The van der Waals surface area contributed by atoms with Crippen molar-refractivity contribution in [2.24, 2.45) is 149 Å². The maximum atomic E-state index is 16.9. The van der Waals surface area contributed by atoms with E-state index in [4.69, 9.17) is 9.47 Å². The van der Waals surface area contributed by atoms with Crippen molar-refractivity contribution in [3.63, 3.8) is 0 Å². The van der Waals surface area contributed by atoms with E-state index in [0.29, 0.717) is 75.4 Å². The van der Waals surface area contributed by atoms with Crippen LogP contribution in [0.5, 0.6) is 0 Å². The molecule has 29 heteroatoms. The number of hydrogen-bond acceptors (Lipinski definition) is 27. The van der Waals surface area contributed by atoms with Gasteiger partial charge >= 0.3 is 0 Å². The number of hydrogen-bond donors (Lipinski definition) is 15. The van der Waals surface area contributed by atoms with Gasteiger partial charge in [-0.3, -0.25) is 47.9 Å². The Hall–Kier alpha value is -6.72. The number of allylic oxidation sites excluding steroid dienone is 20. The summed E-state index contributed by atoms with van der Waals surface area (Å²) in [5.74, 6) is -6.35. The Morgan fingerprint density at radius 1 is 0.364 bits per heavy atom. The molecule has 0 radical (unpaired) electrons. The molecule has 27 nitrogen and oxygen atoms in total. The summed E-state index contributed by atoms with van der Waals surface area (Å²) in [4.78, 5) is 122. The van der Waals surface area contributed by atoms with Gasteiger partial charge in [-0.05, 0) is 282 Å². The Balaban J connectivity index is 0.000000121. The third-order valence-electron chi connectivity index (χ3n) is 43.5. The van der Waals surface area contributed by atoms with Gasteiger partial charge in [-0.1, -0.05) is 134 Å². The normalized spacial score (nSPS) is 51.7. The molecular formula is C111H148F2O27. The molecule has 768 valence electrons. The summed E-state index contributed by atoms with van der Waals surface area (Å²) >= 11 is 0. The number of rotatable bonds is 10. The van der Waals surface area contributed by atoms with Crippen molar-refractivity contribution >= 4 is 57.8 Å². The molecule has 20 aliphatic carbocycles. The maximum absolute atomic E-state index is 16.9. The molecule has 21 aliphatic rings. The number of ketones is 10. The largest absolute Gasteiger partial charge is 0.393 e. The van der Waals surface area contributed by atoms with Crippen molar-refractivity contribution in [3.05, 3.63) is 119 Å². The Morgan fingerprint density at radius 3 is 1.16 bits per heavy atom. The monoisotopic (exact) mass is 1950 g/mol. The molecule has 38 unspecified atom stereocenters. The number of halogens is 2. The second kappa shape index (κ2) is 34.4. The Labute approximate surface area is 817 Å². The topological polar surface area (TPSA) is 493 Å². The van der Waals surface area contributed by atoms with Crippen LogP contribution in [0, 0.1) is 149 Å². The summed E-state index contributed by atoms with van der Waals surface area (Å²) in [7, 11) is 0. The van der Waals surface area contributed by atoms with Crippen molar-refractivity contribution < 1.29 is 143 Å².